The summed E-state index contributed by atoms with van der Waals surface area (Å²) in [6.07, 6.45) is 1.46. The maximum absolute atomic E-state index is 12.5. The molecule has 0 heterocycles. The number of hydrogen-bond donors (Lipinski definition) is 1. The smallest absolute Gasteiger partial charge is 0.343 e. The molecule has 4 aromatic carbocycles. The lowest BCUT2D eigenvalue weighted by atomic mass is 10.2. The summed E-state index contributed by atoms with van der Waals surface area (Å²) < 4.78 is 22.0. The van der Waals surface area contributed by atoms with Gasteiger partial charge in [0.05, 0.1) is 25.5 Å². The average Bonchev–Trinajstić information content (AvgIpc) is 2.98. The summed E-state index contributed by atoms with van der Waals surface area (Å²) >= 11 is 5.90. The number of amides is 1. The van der Waals surface area contributed by atoms with E-state index in [1.54, 1.807) is 78.9 Å². The van der Waals surface area contributed by atoms with Crippen LogP contribution in [-0.4, -0.2) is 31.8 Å². The molecule has 0 aliphatic carbocycles. The zero-order valence-corrected chi connectivity index (χ0v) is 22.7. The van der Waals surface area contributed by atoms with Crippen LogP contribution in [-0.2, 0) is 6.61 Å². The highest BCUT2D eigenvalue weighted by molar-refractivity contribution is 6.30. The highest BCUT2D eigenvalue weighted by atomic mass is 35.5. The van der Waals surface area contributed by atoms with Crippen LogP contribution in [0, 0.1) is 0 Å². The highest BCUT2D eigenvalue weighted by Crippen LogP contribution is 2.28. The molecule has 0 aliphatic heterocycles. The third kappa shape index (κ3) is 7.85. The first-order valence-corrected chi connectivity index (χ1v) is 12.8. The van der Waals surface area contributed by atoms with E-state index >= 15 is 0 Å². The second-order valence-corrected chi connectivity index (χ2v) is 8.83. The summed E-state index contributed by atoms with van der Waals surface area (Å²) in [5.41, 5.74) is 4.90. The fraction of sp³-hybridized carbons (Fsp3) is 0.129. The zero-order valence-electron chi connectivity index (χ0n) is 21.9. The number of nitrogens with zero attached hydrogens (tertiary/aromatic N) is 1. The molecule has 204 valence electrons. The highest BCUT2D eigenvalue weighted by Gasteiger charge is 2.13. The molecule has 0 saturated carbocycles. The van der Waals surface area contributed by atoms with Gasteiger partial charge in [0, 0.05) is 10.6 Å². The number of hydrazone groups is 1. The Morgan fingerprint density at radius 2 is 1.48 bits per heavy atom. The number of halogens is 1. The molecule has 0 spiro atoms. The maximum atomic E-state index is 12.5. The van der Waals surface area contributed by atoms with Gasteiger partial charge in [0.2, 0.25) is 0 Å². The lowest BCUT2D eigenvalue weighted by molar-refractivity contribution is 0.0729. The number of hydrogen-bond acceptors (Lipinski definition) is 7. The Labute approximate surface area is 237 Å². The average molecular weight is 559 g/mol. The van der Waals surface area contributed by atoms with E-state index in [4.69, 9.17) is 30.5 Å². The summed E-state index contributed by atoms with van der Waals surface area (Å²) in [6.45, 7) is 2.81. The number of rotatable bonds is 11. The molecule has 0 radical (unpaired) electrons. The van der Waals surface area contributed by atoms with E-state index < -0.39 is 5.97 Å². The fourth-order valence-corrected chi connectivity index (χ4v) is 3.67. The first-order valence-electron chi connectivity index (χ1n) is 12.4. The van der Waals surface area contributed by atoms with Crippen molar-refractivity contribution in [3.05, 3.63) is 118 Å². The Balaban J connectivity index is 1.30. The van der Waals surface area contributed by atoms with Crippen LogP contribution in [0.2, 0.25) is 5.02 Å². The van der Waals surface area contributed by atoms with Crippen LogP contribution in [0.4, 0.5) is 0 Å². The standard InChI is InChI=1S/C31H27ClN2O6/c1-3-38-26-15-9-24(10-16-26)31(36)40-28-17-6-22(18-29(28)37-2)19-33-34-30(35)23-7-13-27(14-8-23)39-20-21-4-11-25(32)12-5-21/h4-19H,3,20H2,1-2H3,(H,34,35)/b33-19+. The number of benzene rings is 4. The molecule has 0 aromatic heterocycles. The van der Waals surface area contributed by atoms with Crippen molar-refractivity contribution < 1.29 is 28.5 Å². The molecule has 0 atom stereocenters. The SMILES string of the molecule is CCOc1ccc(C(=O)Oc2ccc(/C=N/NC(=O)c3ccc(OCc4ccc(Cl)cc4)cc3)cc2OC)cc1. The maximum Gasteiger partial charge on any atom is 0.343 e. The van der Waals surface area contributed by atoms with Gasteiger partial charge in [-0.1, -0.05) is 23.7 Å². The largest absolute Gasteiger partial charge is 0.494 e. The van der Waals surface area contributed by atoms with Gasteiger partial charge in [-0.25, -0.2) is 10.2 Å². The summed E-state index contributed by atoms with van der Waals surface area (Å²) in [6, 6.07) is 25.7. The second-order valence-electron chi connectivity index (χ2n) is 8.40. The van der Waals surface area contributed by atoms with Crippen molar-refractivity contribution in [2.75, 3.05) is 13.7 Å². The van der Waals surface area contributed by atoms with Crippen molar-refractivity contribution in [1.82, 2.24) is 5.43 Å². The van der Waals surface area contributed by atoms with E-state index in [0.29, 0.717) is 52.2 Å². The van der Waals surface area contributed by atoms with E-state index in [2.05, 4.69) is 10.5 Å². The minimum atomic E-state index is -0.531. The molecule has 0 unspecified atom stereocenters. The predicted octanol–water partition coefficient (Wildman–Crippen LogP) is 6.31. The van der Waals surface area contributed by atoms with Gasteiger partial charge >= 0.3 is 5.97 Å². The van der Waals surface area contributed by atoms with E-state index in [0.717, 1.165) is 5.56 Å². The normalized spacial score (nSPS) is 10.7. The minimum Gasteiger partial charge on any atom is -0.494 e. The second kappa shape index (κ2) is 13.8. The van der Waals surface area contributed by atoms with Crippen molar-refractivity contribution in [3.8, 4) is 23.0 Å². The minimum absolute atomic E-state index is 0.251. The number of nitrogens with one attached hydrogen (secondary N) is 1. The Morgan fingerprint density at radius 3 is 2.12 bits per heavy atom. The predicted molar refractivity (Wildman–Crippen MR) is 153 cm³/mol. The van der Waals surface area contributed by atoms with Gasteiger partial charge in [0.1, 0.15) is 18.1 Å². The third-order valence-corrected chi connectivity index (χ3v) is 5.86. The lowest BCUT2D eigenvalue weighted by Crippen LogP contribution is -2.17. The summed E-state index contributed by atoms with van der Waals surface area (Å²) in [4.78, 5) is 25.0. The first kappa shape index (κ1) is 28.2. The molecule has 0 saturated heterocycles. The number of carbonyl (C=O) groups is 2. The molecule has 0 aliphatic rings. The van der Waals surface area contributed by atoms with Gasteiger partial charge < -0.3 is 18.9 Å². The Morgan fingerprint density at radius 1 is 0.825 bits per heavy atom. The molecular formula is C31H27ClN2O6. The molecule has 1 N–H and O–H groups in total. The topological polar surface area (TPSA) is 95.5 Å². The lowest BCUT2D eigenvalue weighted by Gasteiger charge is -2.10. The molecule has 1 amide bonds. The van der Waals surface area contributed by atoms with Crippen molar-refractivity contribution in [3.63, 3.8) is 0 Å². The van der Waals surface area contributed by atoms with Gasteiger partial charge in [0.25, 0.3) is 5.91 Å². The van der Waals surface area contributed by atoms with Crippen LogP contribution >= 0.6 is 11.6 Å². The number of ether oxygens (including phenoxy) is 4. The molecule has 0 bridgehead atoms. The van der Waals surface area contributed by atoms with Crippen LogP contribution in [0.5, 0.6) is 23.0 Å². The Kier molecular flexibility index (Phi) is 9.74. The van der Waals surface area contributed by atoms with Crippen LogP contribution in [0.1, 0.15) is 38.8 Å². The van der Waals surface area contributed by atoms with Gasteiger partial charge in [-0.15, -0.1) is 0 Å². The monoisotopic (exact) mass is 558 g/mol. The number of carbonyl (C=O) groups excluding carboxylic acids is 2. The van der Waals surface area contributed by atoms with E-state index in [1.165, 1.54) is 13.3 Å². The van der Waals surface area contributed by atoms with E-state index in [9.17, 15) is 9.59 Å². The van der Waals surface area contributed by atoms with Crippen LogP contribution in [0.25, 0.3) is 0 Å². The van der Waals surface area contributed by atoms with Gasteiger partial charge in [-0.3, -0.25) is 4.79 Å². The van der Waals surface area contributed by atoms with Crippen molar-refractivity contribution in [2.45, 2.75) is 13.5 Å². The molecule has 4 aromatic rings. The van der Waals surface area contributed by atoms with Crippen LogP contribution in [0.3, 0.4) is 0 Å². The Bertz CT molecular complexity index is 1470. The van der Waals surface area contributed by atoms with Crippen molar-refractivity contribution >= 4 is 29.7 Å². The number of methoxy groups -OCH3 is 1. The quantitative estimate of drug-likeness (QED) is 0.100. The summed E-state index contributed by atoms with van der Waals surface area (Å²) in [7, 11) is 1.47. The zero-order chi connectivity index (χ0) is 28.3. The van der Waals surface area contributed by atoms with Gasteiger partial charge in [-0.2, -0.15) is 5.10 Å². The molecule has 40 heavy (non-hydrogen) atoms. The molecule has 4 rings (SSSR count). The van der Waals surface area contributed by atoms with Crippen molar-refractivity contribution in [1.29, 1.82) is 0 Å². The summed E-state index contributed by atoms with van der Waals surface area (Å²) in [5.74, 6) is 0.975. The molecule has 0 fully saturated rings. The van der Waals surface area contributed by atoms with Crippen LogP contribution in [0.15, 0.2) is 96.1 Å². The fourth-order valence-electron chi connectivity index (χ4n) is 3.54. The molecule has 8 nitrogen and oxygen atoms in total. The molecular weight excluding hydrogens is 532 g/mol. The van der Waals surface area contributed by atoms with E-state index in [1.807, 2.05) is 19.1 Å². The summed E-state index contributed by atoms with van der Waals surface area (Å²) in [5, 5.41) is 4.68. The van der Waals surface area contributed by atoms with E-state index in [-0.39, 0.29) is 11.7 Å². The Hall–Kier alpha value is -4.82. The van der Waals surface area contributed by atoms with Gasteiger partial charge in [-0.05, 0) is 96.9 Å². The van der Waals surface area contributed by atoms with Crippen LogP contribution < -0.4 is 24.4 Å². The first-order chi connectivity index (χ1) is 19.4. The van der Waals surface area contributed by atoms with Crippen molar-refractivity contribution in [2.24, 2.45) is 5.10 Å². The van der Waals surface area contributed by atoms with Gasteiger partial charge in [0.15, 0.2) is 11.5 Å². The number of esters is 1. The molecule has 9 heteroatoms. The third-order valence-electron chi connectivity index (χ3n) is 5.61.